The largest absolute Gasteiger partial charge is 0.493 e. The van der Waals surface area contributed by atoms with E-state index in [4.69, 9.17) is 9.47 Å². The van der Waals surface area contributed by atoms with Crippen molar-refractivity contribution in [1.82, 2.24) is 14.9 Å². The monoisotopic (exact) mass is 487 g/mol. The lowest BCUT2D eigenvalue weighted by Crippen LogP contribution is -2.30. The Morgan fingerprint density at radius 2 is 2.00 bits per heavy atom. The van der Waals surface area contributed by atoms with Crippen molar-refractivity contribution in [2.24, 2.45) is 7.05 Å². The van der Waals surface area contributed by atoms with E-state index in [2.05, 4.69) is 10.3 Å². The van der Waals surface area contributed by atoms with Gasteiger partial charge in [0.1, 0.15) is 11.4 Å². The molecule has 0 radical (unpaired) electrons. The number of amides is 1. The minimum Gasteiger partial charge on any atom is -0.493 e. The minimum absolute atomic E-state index is 0.104. The van der Waals surface area contributed by atoms with Crippen molar-refractivity contribution < 1.29 is 14.3 Å². The molecule has 1 amide bonds. The minimum atomic E-state index is -0.154. The third-order valence-corrected chi connectivity index (χ3v) is 7.45. The fourth-order valence-electron chi connectivity index (χ4n) is 3.07. The second kappa shape index (κ2) is 10.2. The Hall–Kier alpha value is -2.82. The van der Waals surface area contributed by atoms with Crippen LogP contribution in [0.1, 0.15) is 0 Å². The zero-order chi connectivity index (χ0) is 22.5. The molecule has 0 aliphatic heterocycles. The first-order valence-corrected chi connectivity index (χ1v) is 12.5. The SMILES string of the molecule is COc1ccccc1OCCNC(=O)CSc1nc2scc(-c3cccs3)c2c(=O)n1C. The maximum absolute atomic E-state index is 13.0. The number of hydrogen-bond donors (Lipinski definition) is 1. The van der Waals surface area contributed by atoms with Gasteiger partial charge in [-0.05, 0) is 23.6 Å². The van der Waals surface area contributed by atoms with Gasteiger partial charge in [0.25, 0.3) is 5.56 Å². The highest BCUT2D eigenvalue weighted by Gasteiger charge is 2.17. The molecule has 0 saturated heterocycles. The van der Waals surface area contributed by atoms with E-state index < -0.39 is 0 Å². The van der Waals surface area contributed by atoms with Crippen LogP contribution in [-0.2, 0) is 11.8 Å². The quantitative estimate of drug-likeness (QED) is 0.218. The Labute approximate surface area is 197 Å². The predicted octanol–water partition coefficient (Wildman–Crippen LogP) is 4.02. The van der Waals surface area contributed by atoms with Crippen molar-refractivity contribution in [3.8, 4) is 21.9 Å². The van der Waals surface area contributed by atoms with Gasteiger partial charge in [0.15, 0.2) is 16.7 Å². The molecule has 0 spiro atoms. The van der Waals surface area contributed by atoms with Crippen LogP contribution in [0.25, 0.3) is 20.7 Å². The molecule has 0 saturated carbocycles. The number of thioether (sulfide) groups is 1. The Bertz CT molecular complexity index is 1280. The first-order chi connectivity index (χ1) is 15.6. The second-order valence-corrected chi connectivity index (χ2v) is 9.45. The average Bonchev–Trinajstić information content (AvgIpc) is 3.48. The number of ether oxygens (including phenoxy) is 2. The molecule has 0 aliphatic rings. The number of carbonyl (C=O) groups is 1. The van der Waals surface area contributed by atoms with Gasteiger partial charge in [0.05, 0.1) is 24.8 Å². The van der Waals surface area contributed by atoms with Crippen LogP contribution in [0.2, 0.25) is 0 Å². The van der Waals surface area contributed by atoms with E-state index in [9.17, 15) is 9.59 Å². The molecule has 0 fully saturated rings. The van der Waals surface area contributed by atoms with Gasteiger partial charge in [-0.3, -0.25) is 14.2 Å². The number of hydrogen-bond acceptors (Lipinski definition) is 8. The normalized spacial score (nSPS) is 10.9. The molecule has 0 unspecified atom stereocenters. The van der Waals surface area contributed by atoms with Gasteiger partial charge >= 0.3 is 0 Å². The zero-order valence-electron chi connectivity index (χ0n) is 17.5. The molecular formula is C22H21N3O4S3. The highest BCUT2D eigenvalue weighted by Crippen LogP contribution is 2.34. The van der Waals surface area contributed by atoms with E-state index in [1.807, 2.05) is 47.2 Å². The highest BCUT2D eigenvalue weighted by molar-refractivity contribution is 7.99. The van der Waals surface area contributed by atoms with E-state index in [1.54, 1.807) is 25.5 Å². The summed E-state index contributed by atoms with van der Waals surface area (Å²) >= 11 is 4.28. The van der Waals surface area contributed by atoms with Gasteiger partial charge < -0.3 is 14.8 Å². The molecule has 0 atom stereocenters. The molecule has 10 heteroatoms. The molecule has 4 rings (SSSR count). The summed E-state index contributed by atoms with van der Waals surface area (Å²) in [6.07, 6.45) is 0. The Morgan fingerprint density at radius 3 is 2.75 bits per heavy atom. The van der Waals surface area contributed by atoms with Crippen LogP contribution in [0.3, 0.4) is 0 Å². The van der Waals surface area contributed by atoms with Gasteiger partial charge in [-0.15, -0.1) is 22.7 Å². The van der Waals surface area contributed by atoms with Crippen LogP contribution >= 0.6 is 34.4 Å². The number of benzene rings is 1. The van der Waals surface area contributed by atoms with Crippen LogP contribution in [0.5, 0.6) is 11.5 Å². The van der Waals surface area contributed by atoms with Crippen LogP contribution in [0.4, 0.5) is 0 Å². The molecule has 0 bridgehead atoms. The predicted molar refractivity (Wildman–Crippen MR) is 130 cm³/mol. The lowest BCUT2D eigenvalue weighted by molar-refractivity contribution is -0.118. The summed E-state index contributed by atoms with van der Waals surface area (Å²) in [6.45, 7) is 0.679. The summed E-state index contributed by atoms with van der Waals surface area (Å²) < 4.78 is 12.4. The van der Waals surface area contributed by atoms with Crippen molar-refractivity contribution in [3.63, 3.8) is 0 Å². The van der Waals surface area contributed by atoms with Crippen molar-refractivity contribution in [1.29, 1.82) is 0 Å². The smallest absolute Gasteiger partial charge is 0.263 e. The fraction of sp³-hybridized carbons (Fsp3) is 0.227. The lowest BCUT2D eigenvalue weighted by atomic mass is 10.2. The molecule has 7 nitrogen and oxygen atoms in total. The number of rotatable bonds is 9. The lowest BCUT2D eigenvalue weighted by Gasteiger charge is -2.11. The van der Waals surface area contributed by atoms with Crippen LogP contribution in [-0.4, -0.2) is 41.5 Å². The number of methoxy groups -OCH3 is 1. The van der Waals surface area contributed by atoms with E-state index in [-0.39, 0.29) is 17.2 Å². The van der Waals surface area contributed by atoms with Crippen molar-refractivity contribution in [2.75, 3.05) is 26.0 Å². The number of fused-ring (bicyclic) bond motifs is 1. The first kappa shape index (κ1) is 22.4. The van der Waals surface area contributed by atoms with Crippen LogP contribution < -0.4 is 20.3 Å². The van der Waals surface area contributed by atoms with Crippen molar-refractivity contribution >= 4 is 50.6 Å². The maximum Gasteiger partial charge on any atom is 0.263 e. The summed E-state index contributed by atoms with van der Waals surface area (Å²) in [4.78, 5) is 31.6. The standard InChI is InChI=1S/C22H21N3O4S3/c1-25-21(27)19-14(17-8-5-11-30-17)12-31-20(19)24-22(25)32-13-18(26)23-9-10-29-16-7-4-3-6-15(16)28-2/h3-8,11-12H,9-10,13H2,1-2H3,(H,23,26). The number of aromatic nitrogens is 2. The molecular weight excluding hydrogens is 466 g/mol. The molecule has 3 heterocycles. The highest BCUT2D eigenvalue weighted by atomic mass is 32.2. The third kappa shape index (κ3) is 4.82. The molecule has 0 aliphatic carbocycles. The van der Waals surface area contributed by atoms with Crippen molar-refractivity contribution in [2.45, 2.75) is 5.16 Å². The van der Waals surface area contributed by atoms with Gasteiger partial charge in [0.2, 0.25) is 5.91 Å². The number of carbonyl (C=O) groups excluding carboxylic acids is 1. The summed E-state index contributed by atoms with van der Waals surface area (Å²) in [5, 5.41) is 7.91. The Balaban J connectivity index is 1.34. The molecule has 3 aromatic heterocycles. The number of thiophene rings is 2. The summed E-state index contributed by atoms with van der Waals surface area (Å²) in [5.41, 5.74) is 0.810. The van der Waals surface area contributed by atoms with E-state index in [0.717, 1.165) is 10.4 Å². The fourth-order valence-corrected chi connectivity index (χ4v) is 5.67. The molecule has 166 valence electrons. The zero-order valence-corrected chi connectivity index (χ0v) is 19.9. The van der Waals surface area contributed by atoms with Crippen molar-refractivity contribution in [3.05, 3.63) is 57.5 Å². The average molecular weight is 488 g/mol. The maximum atomic E-state index is 13.0. The van der Waals surface area contributed by atoms with E-state index in [1.165, 1.54) is 27.7 Å². The first-order valence-electron chi connectivity index (χ1n) is 9.76. The van der Waals surface area contributed by atoms with Gasteiger partial charge in [-0.25, -0.2) is 4.98 Å². The number of nitrogens with zero attached hydrogens (tertiary/aromatic N) is 2. The van der Waals surface area contributed by atoms with E-state index in [0.29, 0.717) is 40.0 Å². The molecule has 1 N–H and O–H groups in total. The van der Waals surface area contributed by atoms with Crippen LogP contribution in [0.15, 0.2) is 57.1 Å². The summed E-state index contributed by atoms with van der Waals surface area (Å²) in [6, 6.07) is 11.3. The third-order valence-electron chi connectivity index (χ3n) is 4.64. The van der Waals surface area contributed by atoms with Gasteiger partial charge in [0, 0.05) is 22.9 Å². The summed E-state index contributed by atoms with van der Waals surface area (Å²) in [7, 11) is 3.27. The molecule has 4 aromatic rings. The van der Waals surface area contributed by atoms with Gasteiger partial charge in [-0.1, -0.05) is 30.0 Å². The Kier molecular flexibility index (Phi) is 7.13. The van der Waals surface area contributed by atoms with Gasteiger partial charge in [-0.2, -0.15) is 0 Å². The Morgan fingerprint density at radius 1 is 1.19 bits per heavy atom. The topological polar surface area (TPSA) is 82.5 Å². The van der Waals surface area contributed by atoms with Crippen LogP contribution in [0, 0.1) is 0 Å². The summed E-state index contributed by atoms with van der Waals surface area (Å²) in [5.74, 6) is 1.28. The number of nitrogens with one attached hydrogen (secondary N) is 1. The molecule has 1 aromatic carbocycles. The second-order valence-electron chi connectivity index (χ2n) is 6.70. The van der Waals surface area contributed by atoms with E-state index >= 15 is 0 Å². The number of para-hydroxylation sites is 2. The molecule has 32 heavy (non-hydrogen) atoms.